The molecule has 2 aromatic carbocycles. The Kier molecular flexibility index (Phi) is 8.30. The number of hydrogen-bond acceptors (Lipinski definition) is 8. The first-order valence-electron chi connectivity index (χ1n) is 11.8. The van der Waals surface area contributed by atoms with Crippen molar-refractivity contribution in [3.05, 3.63) is 47.3 Å². The van der Waals surface area contributed by atoms with Gasteiger partial charge in [0.05, 0.1) is 41.9 Å². The zero-order valence-electron chi connectivity index (χ0n) is 20.9. The minimum Gasteiger partial charge on any atom is -0.493 e. The van der Waals surface area contributed by atoms with Crippen molar-refractivity contribution >= 4 is 43.5 Å². The molecule has 4 rings (SSSR count). The molecular formula is C25H29N3O7S2. The molecule has 1 aromatic heterocycles. The van der Waals surface area contributed by atoms with E-state index in [0.29, 0.717) is 41.2 Å². The smallest absolute Gasteiger partial charge is 0.326 e. The van der Waals surface area contributed by atoms with E-state index in [-0.39, 0.29) is 24.6 Å². The predicted octanol–water partition coefficient (Wildman–Crippen LogP) is 2.81. The topological polar surface area (TPSA) is 116 Å². The van der Waals surface area contributed by atoms with Gasteiger partial charge in [0.15, 0.2) is 16.3 Å². The van der Waals surface area contributed by atoms with E-state index in [4.69, 9.17) is 14.2 Å². The summed E-state index contributed by atoms with van der Waals surface area (Å²) in [6.45, 7) is 2.18. The summed E-state index contributed by atoms with van der Waals surface area (Å²) in [4.78, 5) is 30.5. The molecule has 1 aliphatic heterocycles. The second-order valence-electron chi connectivity index (χ2n) is 8.42. The minimum atomic E-state index is -3.72. The van der Waals surface area contributed by atoms with Crippen LogP contribution in [0, 0.1) is 5.92 Å². The fourth-order valence-electron chi connectivity index (χ4n) is 4.26. The quantitative estimate of drug-likeness (QED) is 0.398. The Morgan fingerprint density at radius 1 is 1.11 bits per heavy atom. The Hall–Kier alpha value is -3.22. The molecule has 0 N–H and O–H groups in total. The van der Waals surface area contributed by atoms with Gasteiger partial charge in [-0.15, -0.1) is 0 Å². The number of ether oxygens (including phenoxy) is 3. The standard InChI is InChI=1S/C25H29N3O7S2/c1-4-35-23(29)16-28-19-13-20(33-2)21(34-3)14-22(19)36-25(28)26-24(30)17-9-8-12-27(15-17)37(31,32)18-10-6-5-7-11-18/h5-7,10-11,13-14,17H,4,8-9,12,15-16H2,1-3H3. The number of nitrogens with zero attached hydrogens (tertiary/aromatic N) is 3. The average molecular weight is 548 g/mol. The van der Waals surface area contributed by atoms with Crippen molar-refractivity contribution in [2.24, 2.45) is 10.9 Å². The molecule has 0 aliphatic carbocycles. The molecule has 37 heavy (non-hydrogen) atoms. The van der Waals surface area contributed by atoms with Crippen molar-refractivity contribution in [2.75, 3.05) is 33.9 Å². The monoisotopic (exact) mass is 547 g/mol. The molecule has 1 amide bonds. The van der Waals surface area contributed by atoms with E-state index < -0.39 is 27.8 Å². The Morgan fingerprint density at radius 3 is 2.49 bits per heavy atom. The normalized spacial score (nSPS) is 17.1. The van der Waals surface area contributed by atoms with Gasteiger partial charge in [0.2, 0.25) is 10.0 Å². The van der Waals surface area contributed by atoms with Gasteiger partial charge in [-0.05, 0) is 31.9 Å². The van der Waals surface area contributed by atoms with Crippen molar-refractivity contribution < 1.29 is 32.2 Å². The van der Waals surface area contributed by atoms with Gasteiger partial charge in [0.1, 0.15) is 6.54 Å². The summed E-state index contributed by atoms with van der Waals surface area (Å²) >= 11 is 1.23. The molecule has 1 fully saturated rings. The van der Waals surface area contributed by atoms with Crippen LogP contribution in [0.1, 0.15) is 19.8 Å². The number of amides is 1. The summed E-state index contributed by atoms with van der Waals surface area (Å²) < 4.78 is 45.8. The number of carbonyl (C=O) groups excluding carboxylic acids is 2. The molecule has 1 aliphatic rings. The van der Waals surface area contributed by atoms with Crippen LogP contribution in [-0.2, 0) is 30.9 Å². The lowest BCUT2D eigenvalue weighted by Crippen LogP contribution is -2.42. The summed E-state index contributed by atoms with van der Waals surface area (Å²) in [7, 11) is -0.682. The molecule has 0 spiro atoms. The van der Waals surface area contributed by atoms with E-state index in [1.807, 2.05) is 0 Å². The third-order valence-corrected chi connectivity index (χ3v) is 9.02. The first-order valence-corrected chi connectivity index (χ1v) is 14.1. The van der Waals surface area contributed by atoms with Gasteiger partial charge in [-0.25, -0.2) is 8.42 Å². The number of methoxy groups -OCH3 is 2. The van der Waals surface area contributed by atoms with Crippen LogP contribution in [0.2, 0.25) is 0 Å². The van der Waals surface area contributed by atoms with Crippen molar-refractivity contribution in [3.8, 4) is 11.5 Å². The van der Waals surface area contributed by atoms with Gasteiger partial charge in [0.25, 0.3) is 5.91 Å². The molecule has 1 unspecified atom stereocenters. The molecule has 12 heteroatoms. The number of thiazole rings is 1. The van der Waals surface area contributed by atoms with Crippen molar-refractivity contribution in [3.63, 3.8) is 0 Å². The van der Waals surface area contributed by atoms with Crippen LogP contribution in [-0.4, -0.2) is 63.1 Å². The van der Waals surface area contributed by atoms with E-state index >= 15 is 0 Å². The van der Waals surface area contributed by atoms with Gasteiger partial charge in [-0.2, -0.15) is 9.30 Å². The SMILES string of the molecule is CCOC(=O)Cn1c(=NC(=O)C2CCCN(S(=O)(=O)c3ccccc3)C2)sc2cc(OC)c(OC)cc21. The average Bonchev–Trinajstić information content (AvgIpc) is 3.23. The molecular weight excluding hydrogens is 518 g/mol. The van der Waals surface area contributed by atoms with Crippen LogP contribution >= 0.6 is 11.3 Å². The van der Waals surface area contributed by atoms with Crippen LogP contribution in [0.15, 0.2) is 52.4 Å². The van der Waals surface area contributed by atoms with Gasteiger partial charge < -0.3 is 18.8 Å². The lowest BCUT2D eigenvalue weighted by atomic mass is 9.99. The fraction of sp³-hybridized carbons (Fsp3) is 0.400. The van der Waals surface area contributed by atoms with Gasteiger partial charge in [-0.1, -0.05) is 29.5 Å². The highest BCUT2D eigenvalue weighted by Crippen LogP contribution is 2.33. The number of benzene rings is 2. The number of hydrogen-bond donors (Lipinski definition) is 0. The molecule has 10 nitrogen and oxygen atoms in total. The predicted molar refractivity (Wildman–Crippen MR) is 138 cm³/mol. The summed E-state index contributed by atoms with van der Waals surface area (Å²) in [6, 6.07) is 11.7. The maximum atomic E-state index is 13.3. The molecule has 1 saturated heterocycles. The number of sulfonamides is 1. The number of esters is 1. The maximum absolute atomic E-state index is 13.3. The number of piperidine rings is 1. The highest BCUT2D eigenvalue weighted by Gasteiger charge is 2.33. The highest BCUT2D eigenvalue weighted by molar-refractivity contribution is 7.89. The van der Waals surface area contributed by atoms with Gasteiger partial charge in [0, 0.05) is 25.2 Å². The summed E-state index contributed by atoms with van der Waals surface area (Å²) in [6.07, 6.45) is 1.06. The van der Waals surface area contributed by atoms with Gasteiger partial charge >= 0.3 is 5.97 Å². The summed E-state index contributed by atoms with van der Waals surface area (Å²) in [5, 5.41) is 0. The van der Waals surface area contributed by atoms with E-state index in [1.54, 1.807) is 54.0 Å². The molecule has 3 aromatic rings. The minimum absolute atomic E-state index is 0.0456. The zero-order chi connectivity index (χ0) is 26.6. The van der Waals surface area contributed by atoms with Crippen molar-refractivity contribution in [1.82, 2.24) is 8.87 Å². The van der Waals surface area contributed by atoms with Crippen LogP contribution < -0.4 is 14.3 Å². The number of aromatic nitrogens is 1. The molecule has 0 saturated carbocycles. The van der Waals surface area contributed by atoms with Crippen LogP contribution in [0.25, 0.3) is 10.2 Å². The maximum Gasteiger partial charge on any atom is 0.326 e. The molecule has 198 valence electrons. The third-order valence-electron chi connectivity index (χ3n) is 6.10. The first kappa shape index (κ1) is 26.8. The Bertz CT molecular complexity index is 1460. The third kappa shape index (κ3) is 5.71. The Morgan fingerprint density at radius 2 is 1.81 bits per heavy atom. The van der Waals surface area contributed by atoms with E-state index in [1.165, 1.54) is 29.9 Å². The van der Waals surface area contributed by atoms with Gasteiger partial charge in [-0.3, -0.25) is 9.59 Å². The largest absolute Gasteiger partial charge is 0.493 e. The van der Waals surface area contributed by atoms with Crippen LogP contribution in [0.3, 0.4) is 0 Å². The highest BCUT2D eigenvalue weighted by atomic mass is 32.2. The lowest BCUT2D eigenvalue weighted by Gasteiger charge is -2.30. The Labute approximate surface area is 219 Å². The second kappa shape index (κ2) is 11.4. The molecule has 2 heterocycles. The molecule has 0 bridgehead atoms. The Balaban J connectivity index is 1.70. The molecule has 0 radical (unpaired) electrons. The fourth-order valence-corrected chi connectivity index (χ4v) is 6.85. The number of rotatable bonds is 8. The summed E-state index contributed by atoms with van der Waals surface area (Å²) in [5.41, 5.74) is 0.638. The second-order valence-corrected chi connectivity index (χ2v) is 11.4. The van der Waals surface area contributed by atoms with E-state index in [2.05, 4.69) is 4.99 Å². The van der Waals surface area contributed by atoms with E-state index in [9.17, 15) is 18.0 Å². The first-order chi connectivity index (χ1) is 17.8. The van der Waals surface area contributed by atoms with E-state index in [0.717, 1.165) is 4.70 Å². The van der Waals surface area contributed by atoms with Crippen LogP contribution in [0.4, 0.5) is 0 Å². The molecule has 1 atom stereocenters. The van der Waals surface area contributed by atoms with Crippen molar-refractivity contribution in [2.45, 2.75) is 31.2 Å². The lowest BCUT2D eigenvalue weighted by molar-refractivity contribution is -0.143. The van der Waals surface area contributed by atoms with Crippen molar-refractivity contribution in [1.29, 1.82) is 0 Å². The zero-order valence-corrected chi connectivity index (χ0v) is 22.5. The number of fused-ring (bicyclic) bond motifs is 1. The van der Waals surface area contributed by atoms with Crippen LogP contribution in [0.5, 0.6) is 11.5 Å². The number of carbonyl (C=O) groups is 2. The summed E-state index contributed by atoms with van der Waals surface area (Å²) in [5.74, 6) is -0.527.